The summed E-state index contributed by atoms with van der Waals surface area (Å²) < 4.78 is 7.31. The molecule has 0 aliphatic heterocycles. The van der Waals surface area contributed by atoms with E-state index in [1.807, 2.05) is 48.9 Å². The lowest BCUT2D eigenvalue weighted by Gasteiger charge is -2.13. The number of nitrogens with zero attached hydrogens (tertiary/aromatic N) is 1. The summed E-state index contributed by atoms with van der Waals surface area (Å²) in [5, 5.41) is 1.05. The van der Waals surface area contributed by atoms with E-state index in [2.05, 4.69) is 0 Å². The molecule has 2 rings (SSSR count). The summed E-state index contributed by atoms with van der Waals surface area (Å²) in [6, 6.07) is 7.76. The molecule has 90 valence electrons. The van der Waals surface area contributed by atoms with Crippen molar-refractivity contribution in [2.75, 3.05) is 7.11 Å². The molecule has 0 bridgehead atoms. The Kier molecular flexibility index (Phi) is 3.18. The molecule has 1 unspecified atom stereocenters. The number of benzene rings is 1. The number of carbonyl (C=O) groups is 1. The summed E-state index contributed by atoms with van der Waals surface area (Å²) in [5.74, 6) is 1.09. The summed E-state index contributed by atoms with van der Waals surface area (Å²) in [5.41, 5.74) is 1.04. The Morgan fingerprint density at radius 2 is 2.18 bits per heavy atom. The minimum atomic E-state index is -0.121. The van der Waals surface area contributed by atoms with Gasteiger partial charge in [0.05, 0.1) is 18.7 Å². The fraction of sp³-hybridized carbons (Fsp3) is 0.357. The van der Waals surface area contributed by atoms with Crippen molar-refractivity contribution in [1.82, 2.24) is 4.57 Å². The van der Waals surface area contributed by atoms with E-state index in [4.69, 9.17) is 4.74 Å². The van der Waals surface area contributed by atoms with Crippen molar-refractivity contribution >= 4 is 16.7 Å². The van der Waals surface area contributed by atoms with Crippen LogP contribution in [0.1, 0.15) is 26.3 Å². The summed E-state index contributed by atoms with van der Waals surface area (Å²) in [7, 11) is 1.66. The topological polar surface area (TPSA) is 31.2 Å². The smallest absolute Gasteiger partial charge is 0.155 e. The van der Waals surface area contributed by atoms with Gasteiger partial charge in [-0.3, -0.25) is 4.79 Å². The third-order valence-corrected chi connectivity index (χ3v) is 3.17. The van der Waals surface area contributed by atoms with Gasteiger partial charge in [0.25, 0.3) is 0 Å². The first-order chi connectivity index (χ1) is 8.19. The molecule has 0 aliphatic rings. The van der Waals surface area contributed by atoms with Crippen LogP contribution in [0.5, 0.6) is 5.75 Å². The molecule has 0 N–H and O–H groups in total. The number of Topliss-reactive ketones (excluding diaryl/α,β-unsaturated/α-hetero) is 1. The van der Waals surface area contributed by atoms with Gasteiger partial charge < -0.3 is 9.30 Å². The zero-order valence-electron chi connectivity index (χ0n) is 10.4. The monoisotopic (exact) mass is 231 g/mol. The van der Waals surface area contributed by atoms with E-state index in [9.17, 15) is 4.79 Å². The molecule has 1 atom stereocenters. The first kappa shape index (κ1) is 11.7. The Hall–Kier alpha value is -1.77. The van der Waals surface area contributed by atoms with Crippen LogP contribution in [0.2, 0.25) is 0 Å². The molecule has 0 saturated heterocycles. The van der Waals surface area contributed by atoms with Gasteiger partial charge in [-0.1, -0.05) is 13.0 Å². The van der Waals surface area contributed by atoms with E-state index in [1.54, 1.807) is 7.11 Å². The van der Waals surface area contributed by atoms with Crippen molar-refractivity contribution in [1.29, 1.82) is 0 Å². The van der Waals surface area contributed by atoms with Gasteiger partial charge in [-0.05, 0) is 25.1 Å². The average Bonchev–Trinajstić information content (AvgIpc) is 2.80. The first-order valence-corrected chi connectivity index (χ1v) is 5.85. The average molecular weight is 231 g/mol. The molecule has 3 nitrogen and oxygen atoms in total. The maximum Gasteiger partial charge on any atom is 0.155 e. The van der Waals surface area contributed by atoms with Crippen LogP contribution in [0.15, 0.2) is 30.5 Å². The van der Waals surface area contributed by atoms with Gasteiger partial charge in [0.1, 0.15) is 5.75 Å². The highest BCUT2D eigenvalue weighted by Gasteiger charge is 2.15. The number of carbonyl (C=O) groups excluding carboxylic acids is 1. The van der Waals surface area contributed by atoms with Gasteiger partial charge in [0.2, 0.25) is 0 Å². The molecule has 0 spiro atoms. The van der Waals surface area contributed by atoms with Crippen molar-refractivity contribution in [2.24, 2.45) is 0 Å². The molecular weight excluding hydrogens is 214 g/mol. The predicted octanol–water partition coefficient (Wildman–Crippen LogP) is 3.19. The van der Waals surface area contributed by atoms with Crippen LogP contribution >= 0.6 is 0 Å². The number of methoxy groups -OCH3 is 1. The maximum atomic E-state index is 11.8. The van der Waals surface area contributed by atoms with Crippen molar-refractivity contribution < 1.29 is 9.53 Å². The van der Waals surface area contributed by atoms with E-state index in [0.29, 0.717) is 6.42 Å². The third-order valence-electron chi connectivity index (χ3n) is 3.17. The summed E-state index contributed by atoms with van der Waals surface area (Å²) >= 11 is 0. The lowest BCUT2D eigenvalue weighted by molar-refractivity contribution is -0.121. The Labute approximate surface area is 101 Å². The van der Waals surface area contributed by atoms with Gasteiger partial charge in [-0.15, -0.1) is 0 Å². The minimum Gasteiger partial charge on any atom is -0.496 e. The molecule has 0 saturated carbocycles. The molecule has 1 aromatic carbocycles. The molecular formula is C14H17NO2. The number of rotatable bonds is 4. The summed E-state index contributed by atoms with van der Waals surface area (Å²) in [6.07, 6.45) is 2.51. The number of hydrogen-bond donors (Lipinski definition) is 0. The third kappa shape index (κ3) is 1.93. The van der Waals surface area contributed by atoms with E-state index in [-0.39, 0.29) is 11.8 Å². The zero-order valence-corrected chi connectivity index (χ0v) is 10.4. The van der Waals surface area contributed by atoms with Crippen LogP contribution in [0, 0.1) is 0 Å². The van der Waals surface area contributed by atoms with Crippen LogP contribution in [0.3, 0.4) is 0 Å². The fourth-order valence-corrected chi connectivity index (χ4v) is 2.13. The van der Waals surface area contributed by atoms with Gasteiger partial charge >= 0.3 is 0 Å². The molecule has 2 aromatic rings. The summed E-state index contributed by atoms with van der Waals surface area (Å²) in [6.45, 7) is 3.83. The number of ether oxygens (including phenoxy) is 1. The quantitative estimate of drug-likeness (QED) is 0.809. The lowest BCUT2D eigenvalue weighted by atomic mass is 10.1. The number of fused-ring (bicyclic) bond motifs is 1. The second-order valence-corrected chi connectivity index (χ2v) is 4.11. The van der Waals surface area contributed by atoms with Gasteiger partial charge in [-0.2, -0.15) is 0 Å². The number of hydrogen-bond acceptors (Lipinski definition) is 2. The van der Waals surface area contributed by atoms with E-state index >= 15 is 0 Å². The molecule has 0 amide bonds. The molecule has 17 heavy (non-hydrogen) atoms. The van der Waals surface area contributed by atoms with Gasteiger partial charge in [-0.25, -0.2) is 0 Å². The maximum absolute atomic E-state index is 11.8. The van der Waals surface area contributed by atoms with Crippen LogP contribution in [0.4, 0.5) is 0 Å². The largest absolute Gasteiger partial charge is 0.496 e. The van der Waals surface area contributed by atoms with E-state index < -0.39 is 0 Å². The molecule has 0 aliphatic carbocycles. The van der Waals surface area contributed by atoms with Crippen LogP contribution in [-0.4, -0.2) is 17.5 Å². The Bertz CT molecular complexity index is 542. The highest BCUT2D eigenvalue weighted by molar-refractivity contribution is 5.89. The number of ketones is 1. The minimum absolute atomic E-state index is 0.121. The summed E-state index contributed by atoms with van der Waals surface area (Å²) in [4.78, 5) is 11.8. The Morgan fingerprint density at radius 3 is 2.82 bits per heavy atom. The second kappa shape index (κ2) is 4.62. The normalized spacial score (nSPS) is 12.6. The lowest BCUT2D eigenvalue weighted by Crippen LogP contribution is -2.14. The number of aromatic nitrogens is 1. The fourth-order valence-electron chi connectivity index (χ4n) is 2.13. The van der Waals surface area contributed by atoms with Gasteiger partial charge in [0, 0.05) is 18.0 Å². The predicted molar refractivity (Wildman–Crippen MR) is 68.5 cm³/mol. The standard InChI is InChI=1S/C14H17NO2/c1-4-13(16)10(2)15-9-8-11-12(15)6-5-7-14(11)17-3/h5-10H,4H2,1-3H3. The highest BCUT2D eigenvalue weighted by Crippen LogP contribution is 2.28. The molecule has 0 fully saturated rings. The molecule has 1 heterocycles. The molecule has 0 radical (unpaired) electrons. The highest BCUT2D eigenvalue weighted by atomic mass is 16.5. The van der Waals surface area contributed by atoms with E-state index in [1.165, 1.54) is 0 Å². The van der Waals surface area contributed by atoms with Gasteiger partial charge in [0.15, 0.2) is 5.78 Å². The SMILES string of the molecule is CCC(=O)C(C)n1ccc2c(OC)cccc21. The molecule has 3 heteroatoms. The van der Waals surface area contributed by atoms with Crippen molar-refractivity contribution in [2.45, 2.75) is 26.3 Å². The van der Waals surface area contributed by atoms with Crippen molar-refractivity contribution in [3.8, 4) is 5.75 Å². The van der Waals surface area contributed by atoms with Crippen LogP contribution in [0.25, 0.3) is 10.9 Å². The van der Waals surface area contributed by atoms with Crippen LogP contribution in [-0.2, 0) is 4.79 Å². The van der Waals surface area contributed by atoms with Crippen molar-refractivity contribution in [3.63, 3.8) is 0 Å². The van der Waals surface area contributed by atoms with Crippen LogP contribution < -0.4 is 4.74 Å². The molecule has 1 aromatic heterocycles. The first-order valence-electron chi connectivity index (χ1n) is 5.85. The van der Waals surface area contributed by atoms with E-state index in [0.717, 1.165) is 16.7 Å². The second-order valence-electron chi connectivity index (χ2n) is 4.11. The Balaban J connectivity index is 2.53. The zero-order chi connectivity index (χ0) is 12.4. The van der Waals surface area contributed by atoms with Crippen molar-refractivity contribution in [3.05, 3.63) is 30.5 Å². The Morgan fingerprint density at radius 1 is 1.41 bits per heavy atom.